The van der Waals surface area contributed by atoms with E-state index >= 15 is 0 Å². The van der Waals surface area contributed by atoms with E-state index < -0.39 is 24.3 Å². The van der Waals surface area contributed by atoms with Gasteiger partial charge in [-0.3, -0.25) is 24.1 Å². The van der Waals surface area contributed by atoms with Crippen molar-refractivity contribution in [1.29, 1.82) is 0 Å². The topological polar surface area (TPSA) is 109 Å². The number of thiophene rings is 1. The van der Waals surface area contributed by atoms with Crippen LogP contribution in [0.2, 0.25) is 0 Å². The monoisotopic (exact) mass is 449 g/mol. The summed E-state index contributed by atoms with van der Waals surface area (Å²) in [6.45, 7) is -0.693. The van der Waals surface area contributed by atoms with E-state index in [-0.39, 0.29) is 29.8 Å². The molecule has 1 aromatic carbocycles. The molecular weight excluding hydrogens is 430 g/mol. The number of hydrogen-bond acceptors (Lipinski definition) is 7. The van der Waals surface area contributed by atoms with E-state index in [1.54, 1.807) is 0 Å². The summed E-state index contributed by atoms with van der Waals surface area (Å²) in [5.74, 6) is -1.97. The number of nitrogens with one attached hydrogen (secondary N) is 1. The minimum absolute atomic E-state index is 0.203. The number of amides is 2. The minimum atomic E-state index is -0.725. The van der Waals surface area contributed by atoms with Crippen LogP contribution in [0.15, 0.2) is 52.7 Å². The molecule has 1 aliphatic carbocycles. The van der Waals surface area contributed by atoms with Crippen LogP contribution in [-0.4, -0.2) is 39.2 Å². The first-order valence-corrected chi connectivity index (χ1v) is 11.1. The molecule has 5 rings (SSSR count). The number of rotatable bonds is 5. The molecule has 0 bridgehead atoms. The van der Waals surface area contributed by atoms with Crippen LogP contribution in [0, 0.1) is 11.8 Å². The van der Waals surface area contributed by atoms with Crippen molar-refractivity contribution in [2.24, 2.45) is 11.8 Å². The van der Waals surface area contributed by atoms with Gasteiger partial charge in [0, 0.05) is 10.9 Å². The first-order chi connectivity index (χ1) is 15.5. The third kappa shape index (κ3) is 3.54. The summed E-state index contributed by atoms with van der Waals surface area (Å²) < 4.78 is 5.21. The number of fused-ring (bicyclic) bond motifs is 2. The molecule has 1 fully saturated rings. The molecule has 9 heteroatoms. The maximum atomic E-state index is 12.7. The highest BCUT2D eigenvalue weighted by molar-refractivity contribution is 7.17. The van der Waals surface area contributed by atoms with Gasteiger partial charge in [-0.1, -0.05) is 42.5 Å². The second-order valence-corrected chi connectivity index (χ2v) is 8.65. The number of benzene rings is 1. The molecule has 162 valence electrons. The van der Waals surface area contributed by atoms with E-state index in [2.05, 4.69) is 9.97 Å². The molecule has 1 saturated heterocycles. The zero-order valence-electron chi connectivity index (χ0n) is 16.9. The highest BCUT2D eigenvalue weighted by Gasteiger charge is 2.47. The molecule has 2 aliphatic rings. The zero-order chi connectivity index (χ0) is 22.2. The van der Waals surface area contributed by atoms with Gasteiger partial charge < -0.3 is 9.72 Å². The van der Waals surface area contributed by atoms with Crippen molar-refractivity contribution in [2.75, 3.05) is 6.54 Å². The predicted octanol–water partition coefficient (Wildman–Crippen LogP) is 2.65. The van der Waals surface area contributed by atoms with Gasteiger partial charge in [-0.2, -0.15) is 0 Å². The van der Waals surface area contributed by atoms with Crippen molar-refractivity contribution in [1.82, 2.24) is 14.9 Å². The molecule has 3 heterocycles. The second-order valence-electron chi connectivity index (χ2n) is 7.79. The number of hydrogen-bond donors (Lipinski definition) is 1. The van der Waals surface area contributed by atoms with E-state index in [9.17, 15) is 19.2 Å². The van der Waals surface area contributed by atoms with Crippen molar-refractivity contribution in [2.45, 2.75) is 19.4 Å². The van der Waals surface area contributed by atoms with Gasteiger partial charge in [0.25, 0.3) is 5.56 Å². The van der Waals surface area contributed by atoms with Gasteiger partial charge in [-0.05, 0) is 18.4 Å². The van der Waals surface area contributed by atoms with Crippen LogP contribution in [0.4, 0.5) is 0 Å². The number of carbonyl (C=O) groups excluding carboxylic acids is 3. The Balaban J connectivity index is 1.28. The van der Waals surface area contributed by atoms with Crippen molar-refractivity contribution in [3.05, 3.63) is 64.0 Å². The van der Waals surface area contributed by atoms with Gasteiger partial charge >= 0.3 is 5.97 Å². The van der Waals surface area contributed by atoms with Gasteiger partial charge in [0.2, 0.25) is 11.8 Å². The highest BCUT2D eigenvalue weighted by atomic mass is 32.1. The molecule has 2 atom stereocenters. The average Bonchev–Trinajstić information content (AvgIpc) is 3.34. The van der Waals surface area contributed by atoms with Crippen LogP contribution in [0.5, 0.6) is 0 Å². The van der Waals surface area contributed by atoms with Crippen LogP contribution in [0.3, 0.4) is 0 Å². The lowest BCUT2D eigenvalue weighted by Crippen LogP contribution is -2.36. The average molecular weight is 449 g/mol. The lowest BCUT2D eigenvalue weighted by Gasteiger charge is -2.14. The van der Waals surface area contributed by atoms with E-state index in [4.69, 9.17) is 4.74 Å². The fourth-order valence-corrected chi connectivity index (χ4v) is 5.21. The number of aromatic amines is 1. The van der Waals surface area contributed by atoms with Crippen molar-refractivity contribution in [3.8, 4) is 11.1 Å². The van der Waals surface area contributed by atoms with Gasteiger partial charge in [0.15, 0.2) is 0 Å². The smallest absolute Gasteiger partial charge is 0.326 e. The van der Waals surface area contributed by atoms with Gasteiger partial charge in [0.1, 0.15) is 23.8 Å². The minimum Gasteiger partial charge on any atom is -0.456 e. The Morgan fingerprint density at radius 2 is 1.78 bits per heavy atom. The van der Waals surface area contributed by atoms with E-state index in [1.807, 2.05) is 47.9 Å². The summed E-state index contributed by atoms with van der Waals surface area (Å²) in [6, 6.07) is 9.54. The van der Waals surface area contributed by atoms with Crippen molar-refractivity contribution >= 4 is 39.3 Å². The molecule has 2 aromatic heterocycles. The standard InChI is InChI=1S/C23H19N3O5S/c27-18(10-26-22(29)14-8-4-5-9-15(14)23(26)30)31-11-17-24-20(28)19-16(12-32-21(19)25-17)13-6-2-1-3-7-13/h1-7,12,14-15H,8-11H2,(H,24,25,28)/t14-,15-/m0/s1. The quantitative estimate of drug-likeness (QED) is 0.364. The molecule has 0 unspecified atom stereocenters. The Morgan fingerprint density at radius 1 is 1.09 bits per heavy atom. The summed E-state index contributed by atoms with van der Waals surface area (Å²) in [6.07, 6.45) is 4.80. The fourth-order valence-electron chi connectivity index (χ4n) is 4.24. The first kappa shape index (κ1) is 20.3. The molecule has 32 heavy (non-hydrogen) atoms. The molecule has 8 nitrogen and oxygen atoms in total. The number of allylic oxidation sites excluding steroid dienone is 2. The summed E-state index contributed by atoms with van der Waals surface area (Å²) in [7, 11) is 0. The summed E-state index contributed by atoms with van der Waals surface area (Å²) in [5.41, 5.74) is 1.40. The van der Waals surface area contributed by atoms with Crippen LogP contribution in [0.25, 0.3) is 21.3 Å². The number of imide groups is 1. The first-order valence-electron chi connectivity index (χ1n) is 10.2. The maximum absolute atomic E-state index is 12.7. The zero-order valence-corrected chi connectivity index (χ0v) is 17.8. The number of likely N-dealkylation sites (tertiary alicyclic amines) is 1. The lowest BCUT2D eigenvalue weighted by molar-refractivity contribution is -0.154. The number of aromatic nitrogens is 2. The molecule has 0 radical (unpaired) electrons. The number of ether oxygens (including phenoxy) is 1. The maximum Gasteiger partial charge on any atom is 0.326 e. The third-order valence-electron chi connectivity index (χ3n) is 5.83. The fraction of sp³-hybridized carbons (Fsp3) is 0.261. The Morgan fingerprint density at radius 3 is 2.47 bits per heavy atom. The number of nitrogens with zero attached hydrogens (tertiary/aromatic N) is 2. The van der Waals surface area contributed by atoms with Crippen molar-refractivity contribution in [3.63, 3.8) is 0 Å². The Hall–Kier alpha value is -3.59. The molecule has 2 amide bonds. The lowest BCUT2D eigenvalue weighted by atomic mass is 9.85. The van der Waals surface area contributed by atoms with E-state index in [0.717, 1.165) is 16.0 Å². The SMILES string of the molecule is O=C(CN1C(=O)[C@H]2CC=CC[C@@H]2C1=O)OCc1nc2scc(-c3ccccc3)c2c(=O)[nH]1. The predicted molar refractivity (Wildman–Crippen MR) is 118 cm³/mol. The summed E-state index contributed by atoms with van der Waals surface area (Å²) >= 11 is 1.33. The van der Waals surface area contributed by atoms with Gasteiger partial charge in [-0.15, -0.1) is 11.3 Å². The molecule has 1 N–H and O–H groups in total. The van der Waals surface area contributed by atoms with E-state index in [1.165, 1.54) is 11.3 Å². The molecule has 0 saturated carbocycles. The van der Waals surface area contributed by atoms with E-state index in [0.29, 0.717) is 23.1 Å². The molecule has 0 spiro atoms. The third-order valence-corrected chi connectivity index (χ3v) is 6.71. The molecular formula is C23H19N3O5S. The van der Waals surface area contributed by atoms with Crippen LogP contribution in [-0.2, 0) is 25.7 Å². The Labute approximate surface area is 186 Å². The molecule has 1 aliphatic heterocycles. The Bertz CT molecular complexity index is 1280. The van der Waals surface area contributed by atoms with Gasteiger partial charge in [-0.25, -0.2) is 4.98 Å². The normalized spacial score (nSPS) is 20.1. The molecule has 3 aromatic rings. The van der Waals surface area contributed by atoms with Crippen LogP contribution < -0.4 is 5.56 Å². The summed E-state index contributed by atoms with van der Waals surface area (Å²) in [4.78, 5) is 58.5. The van der Waals surface area contributed by atoms with Crippen molar-refractivity contribution < 1.29 is 19.1 Å². The van der Waals surface area contributed by atoms with Crippen LogP contribution >= 0.6 is 11.3 Å². The number of carbonyl (C=O) groups is 3. The largest absolute Gasteiger partial charge is 0.456 e. The number of esters is 1. The van der Waals surface area contributed by atoms with Gasteiger partial charge in [0.05, 0.1) is 17.2 Å². The van der Waals surface area contributed by atoms with Crippen LogP contribution in [0.1, 0.15) is 18.7 Å². The summed E-state index contributed by atoms with van der Waals surface area (Å²) in [5, 5.41) is 2.36. The number of H-pyrrole nitrogens is 1. The Kier molecular flexibility index (Phi) is 5.18. The second kappa shape index (κ2) is 8.16. The highest BCUT2D eigenvalue weighted by Crippen LogP contribution is 2.35.